The number of nitrogens with two attached hydrogens (primary N) is 1. The number of benzene rings is 2. The molecule has 5 heteroatoms. The molecular formula is C18H21N3O2. The Kier molecular flexibility index (Phi) is 4.78. The largest absolute Gasteiger partial charge is 0.497 e. The van der Waals surface area contributed by atoms with Crippen molar-refractivity contribution in [1.29, 1.82) is 0 Å². The number of rotatable bonds is 7. The highest BCUT2D eigenvalue weighted by Crippen LogP contribution is 2.19. The Morgan fingerprint density at radius 1 is 1.04 bits per heavy atom. The van der Waals surface area contributed by atoms with Gasteiger partial charge in [0.2, 0.25) is 0 Å². The van der Waals surface area contributed by atoms with Crippen molar-refractivity contribution in [2.24, 2.45) is 5.73 Å². The van der Waals surface area contributed by atoms with E-state index in [-0.39, 0.29) is 0 Å². The van der Waals surface area contributed by atoms with Crippen molar-refractivity contribution in [3.8, 4) is 11.5 Å². The predicted octanol–water partition coefficient (Wildman–Crippen LogP) is 2.63. The molecule has 2 aromatic carbocycles. The zero-order valence-corrected chi connectivity index (χ0v) is 13.2. The molecule has 3 rings (SSSR count). The molecule has 0 aliphatic carbocycles. The van der Waals surface area contributed by atoms with Gasteiger partial charge in [-0.25, -0.2) is 4.98 Å². The Balaban J connectivity index is 1.71. The lowest BCUT2D eigenvalue weighted by molar-refractivity contribution is 0.297. The molecule has 3 aromatic rings. The number of methoxy groups -OCH3 is 1. The van der Waals surface area contributed by atoms with E-state index in [1.165, 1.54) is 0 Å². The molecule has 23 heavy (non-hydrogen) atoms. The second kappa shape index (κ2) is 7.15. The molecule has 1 aromatic heterocycles. The van der Waals surface area contributed by atoms with E-state index in [2.05, 4.69) is 15.6 Å². The summed E-state index contributed by atoms with van der Waals surface area (Å²) in [5.41, 5.74) is 7.82. The number of hydrogen-bond donors (Lipinski definition) is 1. The molecule has 0 aliphatic heterocycles. The van der Waals surface area contributed by atoms with Gasteiger partial charge in [-0.2, -0.15) is 0 Å². The minimum atomic E-state index is 0.574. The van der Waals surface area contributed by atoms with Crippen molar-refractivity contribution in [2.45, 2.75) is 13.0 Å². The quantitative estimate of drug-likeness (QED) is 0.728. The molecule has 0 radical (unpaired) electrons. The lowest BCUT2D eigenvalue weighted by Gasteiger charge is -2.11. The molecular weight excluding hydrogens is 290 g/mol. The molecule has 0 aliphatic rings. The number of nitrogens with zero attached hydrogens (tertiary/aromatic N) is 2. The van der Waals surface area contributed by atoms with Gasteiger partial charge in [-0.1, -0.05) is 12.1 Å². The molecule has 0 saturated carbocycles. The maximum Gasteiger partial charge on any atom is 0.119 e. The van der Waals surface area contributed by atoms with E-state index in [1.54, 1.807) is 7.11 Å². The fourth-order valence-corrected chi connectivity index (χ4v) is 2.62. The Hall–Kier alpha value is -2.53. The summed E-state index contributed by atoms with van der Waals surface area (Å²) in [6.45, 7) is 1.90. The second-order valence-corrected chi connectivity index (χ2v) is 5.23. The summed E-state index contributed by atoms with van der Waals surface area (Å²) >= 11 is 0. The third kappa shape index (κ3) is 3.46. The molecule has 0 spiro atoms. The van der Waals surface area contributed by atoms with Gasteiger partial charge >= 0.3 is 0 Å². The first kappa shape index (κ1) is 15.4. The average molecular weight is 311 g/mol. The highest BCUT2D eigenvalue weighted by Gasteiger charge is 2.09. The van der Waals surface area contributed by atoms with Crippen molar-refractivity contribution in [1.82, 2.24) is 9.55 Å². The Labute approximate surface area is 135 Å². The highest BCUT2D eigenvalue weighted by atomic mass is 16.5. The molecule has 2 N–H and O–H groups in total. The third-order valence-electron chi connectivity index (χ3n) is 3.74. The predicted molar refractivity (Wildman–Crippen MR) is 91.0 cm³/mol. The first-order chi connectivity index (χ1) is 11.3. The first-order valence-corrected chi connectivity index (χ1v) is 7.73. The summed E-state index contributed by atoms with van der Waals surface area (Å²) in [4.78, 5) is 4.66. The molecule has 0 bridgehead atoms. The number of fused-ring (bicyclic) bond motifs is 1. The summed E-state index contributed by atoms with van der Waals surface area (Å²) in [7, 11) is 1.65. The molecule has 0 saturated heterocycles. The summed E-state index contributed by atoms with van der Waals surface area (Å²) in [5.74, 6) is 2.66. The van der Waals surface area contributed by atoms with Gasteiger partial charge in [0, 0.05) is 6.42 Å². The van der Waals surface area contributed by atoms with Gasteiger partial charge in [0.1, 0.15) is 23.9 Å². The van der Waals surface area contributed by atoms with Crippen LogP contribution in [0.3, 0.4) is 0 Å². The molecule has 0 unspecified atom stereocenters. The molecule has 0 fully saturated rings. The lowest BCUT2D eigenvalue weighted by atomic mass is 10.3. The fraction of sp³-hybridized carbons (Fsp3) is 0.278. The smallest absolute Gasteiger partial charge is 0.119 e. The maximum absolute atomic E-state index is 5.83. The molecule has 1 heterocycles. The van der Waals surface area contributed by atoms with E-state index >= 15 is 0 Å². The van der Waals surface area contributed by atoms with Gasteiger partial charge in [0.15, 0.2) is 0 Å². The van der Waals surface area contributed by atoms with E-state index in [0.717, 1.165) is 41.3 Å². The SMILES string of the molecule is COc1ccc(OCCn2c(CCN)nc3ccccc32)cc1. The third-order valence-corrected chi connectivity index (χ3v) is 3.74. The first-order valence-electron chi connectivity index (χ1n) is 7.73. The summed E-state index contributed by atoms with van der Waals surface area (Å²) in [6.07, 6.45) is 0.761. The van der Waals surface area contributed by atoms with Crippen LogP contribution in [0.5, 0.6) is 11.5 Å². The van der Waals surface area contributed by atoms with Crippen LogP contribution in [-0.2, 0) is 13.0 Å². The second-order valence-electron chi connectivity index (χ2n) is 5.23. The minimum Gasteiger partial charge on any atom is -0.497 e. The van der Waals surface area contributed by atoms with Crippen molar-refractivity contribution < 1.29 is 9.47 Å². The van der Waals surface area contributed by atoms with Crippen LogP contribution in [-0.4, -0.2) is 29.8 Å². The van der Waals surface area contributed by atoms with E-state index in [9.17, 15) is 0 Å². The number of hydrogen-bond acceptors (Lipinski definition) is 4. The molecule has 0 atom stereocenters. The Morgan fingerprint density at radius 2 is 1.78 bits per heavy atom. The van der Waals surface area contributed by atoms with Crippen LogP contribution in [0.4, 0.5) is 0 Å². The topological polar surface area (TPSA) is 62.3 Å². The van der Waals surface area contributed by atoms with Gasteiger partial charge in [0.25, 0.3) is 0 Å². The maximum atomic E-state index is 5.83. The Bertz CT molecular complexity index is 766. The van der Waals surface area contributed by atoms with E-state index in [0.29, 0.717) is 13.2 Å². The van der Waals surface area contributed by atoms with E-state index in [4.69, 9.17) is 15.2 Å². The lowest BCUT2D eigenvalue weighted by Crippen LogP contribution is -2.14. The van der Waals surface area contributed by atoms with Crippen molar-refractivity contribution in [3.05, 3.63) is 54.4 Å². The van der Waals surface area contributed by atoms with Gasteiger partial charge in [0.05, 0.1) is 24.7 Å². The van der Waals surface area contributed by atoms with Crippen LogP contribution in [0.1, 0.15) is 5.82 Å². The molecule has 0 amide bonds. The summed E-state index contributed by atoms with van der Waals surface area (Å²) in [5, 5.41) is 0. The molecule has 120 valence electrons. The van der Waals surface area contributed by atoms with Crippen LogP contribution >= 0.6 is 0 Å². The number of imidazole rings is 1. The highest BCUT2D eigenvalue weighted by molar-refractivity contribution is 5.75. The zero-order chi connectivity index (χ0) is 16.1. The number of ether oxygens (including phenoxy) is 2. The van der Waals surface area contributed by atoms with Crippen molar-refractivity contribution in [3.63, 3.8) is 0 Å². The normalized spacial score (nSPS) is 10.9. The monoisotopic (exact) mass is 311 g/mol. The Morgan fingerprint density at radius 3 is 2.52 bits per heavy atom. The van der Waals surface area contributed by atoms with Crippen molar-refractivity contribution in [2.75, 3.05) is 20.3 Å². The fourth-order valence-electron chi connectivity index (χ4n) is 2.62. The summed E-state index contributed by atoms with van der Waals surface area (Å²) in [6, 6.07) is 15.7. The van der Waals surface area contributed by atoms with Gasteiger partial charge in [-0.3, -0.25) is 0 Å². The average Bonchev–Trinajstić information content (AvgIpc) is 2.94. The van der Waals surface area contributed by atoms with Crippen LogP contribution in [0.25, 0.3) is 11.0 Å². The van der Waals surface area contributed by atoms with Crippen molar-refractivity contribution >= 4 is 11.0 Å². The van der Waals surface area contributed by atoms with Crippen LogP contribution in [0, 0.1) is 0 Å². The molecule has 5 nitrogen and oxygen atoms in total. The van der Waals surface area contributed by atoms with Gasteiger partial charge in [-0.15, -0.1) is 0 Å². The van der Waals surface area contributed by atoms with Gasteiger partial charge in [-0.05, 0) is 42.9 Å². The van der Waals surface area contributed by atoms with Crippen LogP contribution < -0.4 is 15.2 Å². The van der Waals surface area contributed by atoms with Gasteiger partial charge < -0.3 is 19.8 Å². The zero-order valence-electron chi connectivity index (χ0n) is 13.2. The van der Waals surface area contributed by atoms with Crippen LogP contribution in [0.2, 0.25) is 0 Å². The summed E-state index contributed by atoms with van der Waals surface area (Å²) < 4.78 is 13.2. The minimum absolute atomic E-state index is 0.574. The van der Waals surface area contributed by atoms with Crippen LogP contribution in [0.15, 0.2) is 48.5 Å². The number of para-hydroxylation sites is 2. The standard InChI is InChI=1S/C18H21N3O2/c1-22-14-6-8-15(9-7-14)23-13-12-21-17-5-3-2-4-16(17)20-18(21)10-11-19/h2-9H,10-13,19H2,1H3. The van der Waals surface area contributed by atoms with E-state index < -0.39 is 0 Å². The number of aromatic nitrogens is 2. The van der Waals surface area contributed by atoms with E-state index in [1.807, 2.05) is 42.5 Å².